The Bertz CT molecular complexity index is 740. The van der Waals surface area contributed by atoms with Gasteiger partial charge in [0, 0.05) is 6.54 Å². The summed E-state index contributed by atoms with van der Waals surface area (Å²) in [7, 11) is -3.86. The molecule has 1 aromatic heterocycles. The van der Waals surface area contributed by atoms with Crippen LogP contribution in [0.4, 0.5) is 10.1 Å². The van der Waals surface area contributed by atoms with Crippen molar-refractivity contribution in [3.63, 3.8) is 0 Å². The number of sulfonamides is 1. The lowest BCUT2D eigenvalue weighted by molar-refractivity contribution is 0.599. The maximum absolute atomic E-state index is 13.4. The van der Waals surface area contributed by atoms with Crippen LogP contribution >= 0.6 is 0 Å². The normalized spacial score (nSPS) is 11.6. The maximum atomic E-state index is 13.4. The number of hydrogen-bond acceptors (Lipinski definition) is 4. The molecule has 0 atom stereocenters. The second-order valence-corrected chi connectivity index (χ2v) is 6.02. The SMILES string of the molecule is Cc1ccc(NS(=O)(=O)c2c(CN)n[nH]c2C)cc1F. The standard InChI is InChI=1S/C12H15FN4O2S/c1-7-3-4-9(5-10(7)13)17-20(18,19)12-8(2)15-16-11(12)6-14/h3-5,17H,6,14H2,1-2H3,(H,15,16). The van der Waals surface area contributed by atoms with E-state index in [0.29, 0.717) is 11.3 Å². The van der Waals surface area contributed by atoms with Gasteiger partial charge in [0.05, 0.1) is 17.1 Å². The summed E-state index contributed by atoms with van der Waals surface area (Å²) < 4.78 is 40.4. The van der Waals surface area contributed by atoms with Gasteiger partial charge in [0.25, 0.3) is 10.0 Å². The molecule has 0 amide bonds. The maximum Gasteiger partial charge on any atom is 0.265 e. The Morgan fingerprint density at radius 2 is 2.10 bits per heavy atom. The highest BCUT2D eigenvalue weighted by Gasteiger charge is 2.23. The minimum atomic E-state index is -3.86. The van der Waals surface area contributed by atoms with Gasteiger partial charge in [0.15, 0.2) is 0 Å². The fourth-order valence-corrected chi connectivity index (χ4v) is 3.25. The molecule has 2 aromatic rings. The highest BCUT2D eigenvalue weighted by atomic mass is 32.2. The second kappa shape index (κ2) is 5.22. The van der Waals surface area contributed by atoms with Crippen molar-refractivity contribution in [2.75, 3.05) is 4.72 Å². The summed E-state index contributed by atoms with van der Waals surface area (Å²) in [6, 6.07) is 4.12. The summed E-state index contributed by atoms with van der Waals surface area (Å²) in [5, 5.41) is 6.41. The molecule has 0 saturated heterocycles. The van der Waals surface area contributed by atoms with Crippen molar-refractivity contribution in [2.24, 2.45) is 5.73 Å². The average Bonchev–Trinajstić information content (AvgIpc) is 2.75. The largest absolute Gasteiger partial charge is 0.325 e. The van der Waals surface area contributed by atoms with E-state index in [4.69, 9.17) is 5.73 Å². The van der Waals surface area contributed by atoms with Crippen LogP contribution in [0.2, 0.25) is 0 Å². The van der Waals surface area contributed by atoms with Crippen molar-refractivity contribution in [3.05, 3.63) is 41.0 Å². The number of hydrogen-bond donors (Lipinski definition) is 3. The first-order chi connectivity index (χ1) is 9.35. The summed E-state index contributed by atoms with van der Waals surface area (Å²) in [6.45, 7) is 3.17. The van der Waals surface area contributed by atoms with Gasteiger partial charge in [-0.3, -0.25) is 9.82 Å². The Hall–Kier alpha value is -1.93. The number of anilines is 1. The van der Waals surface area contributed by atoms with E-state index in [1.54, 1.807) is 13.8 Å². The molecule has 0 unspecified atom stereocenters. The van der Waals surface area contributed by atoms with Crippen LogP contribution in [-0.2, 0) is 16.6 Å². The van der Waals surface area contributed by atoms with Crippen LogP contribution in [0.5, 0.6) is 0 Å². The van der Waals surface area contributed by atoms with Crippen LogP contribution in [0, 0.1) is 19.7 Å². The lowest BCUT2D eigenvalue weighted by Crippen LogP contribution is -2.16. The Morgan fingerprint density at radius 3 is 2.70 bits per heavy atom. The summed E-state index contributed by atoms with van der Waals surface area (Å²) in [4.78, 5) is 0.000910. The number of rotatable bonds is 4. The molecular weight excluding hydrogens is 283 g/mol. The molecule has 4 N–H and O–H groups in total. The van der Waals surface area contributed by atoms with Gasteiger partial charge in [-0.2, -0.15) is 5.10 Å². The highest BCUT2D eigenvalue weighted by Crippen LogP contribution is 2.22. The van der Waals surface area contributed by atoms with Gasteiger partial charge in [-0.25, -0.2) is 12.8 Å². The number of halogens is 1. The van der Waals surface area contributed by atoms with Crippen molar-refractivity contribution in [3.8, 4) is 0 Å². The second-order valence-electron chi connectivity index (χ2n) is 4.40. The van der Waals surface area contributed by atoms with Crippen LogP contribution in [0.3, 0.4) is 0 Å². The predicted molar refractivity (Wildman–Crippen MR) is 73.2 cm³/mol. The van der Waals surface area contributed by atoms with Gasteiger partial charge in [-0.1, -0.05) is 6.07 Å². The van der Waals surface area contributed by atoms with E-state index >= 15 is 0 Å². The molecule has 0 bridgehead atoms. The summed E-state index contributed by atoms with van der Waals surface area (Å²) >= 11 is 0. The zero-order chi connectivity index (χ0) is 14.9. The van der Waals surface area contributed by atoms with Gasteiger partial charge < -0.3 is 5.73 Å². The quantitative estimate of drug-likeness (QED) is 0.794. The topological polar surface area (TPSA) is 101 Å². The molecule has 2 rings (SSSR count). The first-order valence-corrected chi connectivity index (χ1v) is 7.36. The van der Waals surface area contributed by atoms with Crippen molar-refractivity contribution in [1.82, 2.24) is 10.2 Å². The van der Waals surface area contributed by atoms with E-state index in [2.05, 4.69) is 14.9 Å². The molecule has 0 aliphatic heterocycles. The summed E-state index contributed by atoms with van der Waals surface area (Å²) in [6.07, 6.45) is 0. The molecule has 0 aliphatic rings. The highest BCUT2D eigenvalue weighted by molar-refractivity contribution is 7.92. The van der Waals surface area contributed by atoms with Gasteiger partial charge in [-0.05, 0) is 31.5 Å². The van der Waals surface area contributed by atoms with Crippen LogP contribution in [0.25, 0.3) is 0 Å². The average molecular weight is 298 g/mol. The molecule has 1 heterocycles. The number of nitrogens with zero attached hydrogens (tertiary/aromatic N) is 1. The lowest BCUT2D eigenvalue weighted by atomic mass is 10.2. The third-order valence-electron chi connectivity index (χ3n) is 2.85. The van der Waals surface area contributed by atoms with E-state index in [0.717, 1.165) is 6.07 Å². The molecule has 0 aliphatic carbocycles. The fraction of sp³-hybridized carbons (Fsp3) is 0.250. The number of aromatic nitrogens is 2. The summed E-state index contributed by atoms with van der Waals surface area (Å²) in [5.41, 5.74) is 6.67. The first-order valence-electron chi connectivity index (χ1n) is 5.88. The Balaban J connectivity index is 2.40. The molecule has 0 radical (unpaired) electrons. The molecule has 1 aromatic carbocycles. The van der Waals surface area contributed by atoms with Crippen molar-refractivity contribution in [1.29, 1.82) is 0 Å². The molecular formula is C12H15FN4O2S. The number of benzene rings is 1. The monoisotopic (exact) mass is 298 g/mol. The van der Waals surface area contributed by atoms with Crippen molar-refractivity contribution >= 4 is 15.7 Å². The molecule has 0 fully saturated rings. The molecule has 0 spiro atoms. The minimum absolute atomic E-state index is 0.000910. The number of nitrogens with two attached hydrogens (primary N) is 1. The van der Waals surface area contributed by atoms with Crippen molar-refractivity contribution < 1.29 is 12.8 Å². The molecule has 20 heavy (non-hydrogen) atoms. The fourth-order valence-electron chi connectivity index (χ4n) is 1.83. The zero-order valence-corrected chi connectivity index (χ0v) is 11.9. The van der Waals surface area contributed by atoms with E-state index < -0.39 is 15.8 Å². The van der Waals surface area contributed by atoms with Gasteiger partial charge in [-0.15, -0.1) is 0 Å². The molecule has 8 heteroatoms. The zero-order valence-electron chi connectivity index (χ0n) is 11.1. The lowest BCUT2D eigenvalue weighted by Gasteiger charge is -2.09. The Morgan fingerprint density at radius 1 is 1.40 bits per heavy atom. The Labute approximate surface area is 116 Å². The Kier molecular flexibility index (Phi) is 3.78. The predicted octanol–water partition coefficient (Wildman–Crippen LogP) is 1.43. The number of aromatic amines is 1. The molecule has 6 nitrogen and oxygen atoms in total. The smallest absolute Gasteiger partial charge is 0.265 e. The van der Waals surface area contributed by atoms with Crippen molar-refractivity contribution in [2.45, 2.75) is 25.3 Å². The van der Waals surface area contributed by atoms with E-state index in [9.17, 15) is 12.8 Å². The van der Waals surface area contributed by atoms with Gasteiger partial charge in [0.2, 0.25) is 0 Å². The van der Waals surface area contributed by atoms with Crippen LogP contribution < -0.4 is 10.5 Å². The number of nitrogens with one attached hydrogen (secondary N) is 2. The van der Waals surface area contributed by atoms with Crippen LogP contribution in [-0.4, -0.2) is 18.6 Å². The number of aryl methyl sites for hydroxylation is 2. The first kappa shape index (κ1) is 14.5. The van der Waals surface area contributed by atoms with Gasteiger partial charge >= 0.3 is 0 Å². The third-order valence-corrected chi connectivity index (χ3v) is 4.43. The van der Waals surface area contributed by atoms with E-state index in [-0.39, 0.29) is 22.8 Å². The van der Waals surface area contributed by atoms with E-state index in [1.807, 2.05) is 0 Å². The third kappa shape index (κ3) is 2.66. The van der Waals surface area contributed by atoms with Crippen LogP contribution in [0.15, 0.2) is 23.1 Å². The minimum Gasteiger partial charge on any atom is -0.325 e. The van der Waals surface area contributed by atoms with Gasteiger partial charge in [0.1, 0.15) is 10.7 Å². The molecule has 108 valence electrons. The summed E-state index contributed by atoms with van der Waals surface area (Å²) in [5.74, 6) is -0.479. The number of H-pyrrole nitrogens is 1. The molecule has 0 saturated carbocycles. The van der Waals surface area contributed by atoms with Crippen LogP contribution in [0.1, 0.15) is 17.0 Å². The van der Waals surface area contributed by atoms with E-state index in [1.165, 1.54) is 12.1 Å².